The Morgan fingerprint density at radius 1 is 1.25 bits per heavy atom. The van der Waals surface area contributed by atoms with Crippen LogP contribution in [0.1, 0.15) is 40.0 Å². The van der Waals surface area contributed by atoms with Crippen LogP contribution in [0.3, 0.4) is 0 Å². The van der Waals surface area contributed by atoms with Crippen molar-refractivity contribution in [1.29, 1.82) is 0 Å². The lowest BCUT2D eigenvalue weighted by Gasteiger charge is -2.25. The molecule has 0 saturated heterocycles. The molecular weight excluding hydrogens is 146 g/mol. The molecule has 72 valence electrons. The van der Waals surface area contributed by atoms with Crippen molar-refractivity contribution < 1.29 is 0 Å². The zero-order valence-corrected chi connectivity index (χ0v) is 8.93. The first-order chi connectivity index (χ1) is 5.65. The van der Waals surface area contributed by atoms with Crippen LogP contribution in [0.15, 0.2) is 0 Å². The maximum atomic E-state index is 3.45. The molecule has 1 saturated carbocycles. The van der Waals surface area contributed by atoms with E-state index in [0.29, 0.717) is 0 Å². The van der Waals surface area contributed by atoms with E-state index >= 15 is 0 Å². The van der Waals surface area contributed by atoms with Crippen molar-refractivity contribution in [1.82, 2.24) is 5.32 Å². The first kappa shape index (κ1) is 10.0. The molecule has 1 rings (SSSR count). The van der Waals surface area contributed by atoms with Gasteiger partial charge in [-0.3, -0.25) is 0 Å². The van der Waals surface area contributed by atoms with Crippen molar-refractivity contribution in [3.05, 3.63) is 0 Å². The largest absolute Gasteiger partial charge is 0.317 e. The van der Waals surface area contributed by atoms with Gasteiger partial charge in [0.15, 0.2) is 0 Å². The minimum atomic E-state index is 0.748. The fourth-order valence-electron chi connectivity index (χ4n) is 2.05. The average molecular weight is 169 g/mol. The van der Waals surface area contributed by atoms with E-state index in [1.807, 2.05) is 0 Å². The molecule has 0 heterocycles. The monoisotopic (exact) mass is 169 g/mol. The molecule has 0 bridgehead atoms. The highest BCUT2D eigenvalue weighted by molar-refractivity contribution is 4.86. The van der Waals surface area contributed by atoms with Gasteiger partial charge in [-0.15, -0.1) is 0 Å². The second kappa shape index (κ2) is 4.27. The van der Waals surface area contributed by atoms with E-state index in [1.165, 1.54) is 19.3 Å². The average Bonchev–Trinajstić information content (AvgIpc) is 2.80. The van der Waals surface area contributed by atoms with Gasteiger partial charge in [-0.1, -0.05) is 20.8 Å². The van der Waals surface area contributed by atoms with Crippen molar-refractivity contribution in [3.63, 3.8) is 0 Å². The summed E-state index contributed by atoms with van der Waals surface area (Å²) in [5, 5.41) is 3.45. The zero-order valence-electron chi connectivity index (χ0n) is 8.93. The Labute approximate surface area is 76.9 Å². The maximum absolute atomic E-state index is 3.45. The van der Waals surface area contributed by atoms with Gasteiger partial charge in [0, 0.05) is 6.04 Å². The first-order valence-corrected chi connectivity index (χ1v) is 5.32. The van der Waals surface area contributed by atoms with Crippen LogP contribution in [0.5, 0.6) is 0 Å². The molecule has 0 amide bonds. The van der Waals surface area contributed by atoms with Gasteiger partial charge < -0.3 is 5.32 Å². The van der Waals surface area contributed by atoms with Gasteiger partial charge in [0.2, 0.25) is 0 Å². The van der Waals surface area contributed by atoms with E-state index in [9.17, 15) is 0 Å². The second-order valence-corrected chi connectivity index (χ2v) is 4.72. The molecule has 1 fully saturated rings. The fraction of sp³-hybridized carbons (Fsp3) is 1.00. The van der Waals surface area contributed by atoms with Gasteiger partial charge in [0.05, 0.1) is 0 Å². The SMILES string of the molecule is CNC(CC(C)C)C(C)C1CC1. The summed E-state index contributed by atoms with van der Waals surface area (Å²) in [6.07, 6.45) is 4.27. The van der Waals surface area contributed by atoms with Crippen LogP contribution < -0.4 is 5.32 Å². The number of rotatable bonds is 5. The lowest BCUT2D eigenvalue weighted by atomic mass is 9.90. The molecule has 0 aromatic carbocycles. The molecule has 0 spiro atoms. The van der Waals surface area contributed by atoms with Crippen LogP contribution in [0, 0.1) is 17.8 Å². The molecule has 1 heteroatoms. The van der Waals surface area contributed by atoms with Crippen molar-refractivity contribution >= 4 is 0 Å². The van der Waals surface area contributed by atoms with Gasteiger partial charge >= 0.3 is 0 Å². The van der Waals surface area contributed by atoms with Gasteiger partial charge in [0.1, 0.15) is 0 Å². The summed E-state index contributed by atoms with van der Waals surface area (Å²) in [7, 11) is 2.10. The molecule has 0 radical (unpaired) electrons. The Hall–Kier alpha value is -0.0400. The highest BCUT2D eigenvalue weighted by Crippen LogP contribution is 2.39. The molecule has 2 unspecified atom stereocenters. The highest BCUT2D eigenvalue weighted by atomic mass is 14.9. The van der Waals surface area contributed by atoms with Crippen LogP contribution >= 0.6 is 0 Å². The first-order valence-electron chi connectivity index (χ1n) is 5.32. The zero-order chi connectivity index (χ0) is 9.14. The van der Waals surface area contributed by atoms with Crippen LogP contribution in [0.25, 0.3) is 0 Å². The third-order valence-corrected chi connectivity index (χ3v) is 3.10. The second-order valence-electron chi connectivity index (χ2n) is 4.72. The Bertz CT molecular complexity index is 127. The molecule has 1 aliphatic rings. The summed E-state index contributed by atoms with van der Waals surface area (Å²) in [5.41, 5.74) is 0. The summed E-state index contributed by atoms with van der Waals surface area (Å²) in [5.74, 6) is 2.74. The summed E-state index contributed by atoms with van der Waals surface area (Å²) < 4.78 is 0. The normalized spacial score (nSPS) is 22.8. The third-order valence-electron chi connectivity index (χ3n) is 3.10. The molecule has 1 aliphatic carbocycles. The van der Waals surface area contributed by atoms with Crippen LogP contribution in [-0.4, -0.2) is 13.1 Å². The number of hydrogen-bond donors (Lipinski definition) is 1. The Balaban J connectivity index is 2.31. The van der Waals surface area contributed by atoms with E-state index in [4.69, 9.17) is 0 Å². The van der Waals surface area contributed by atoms with E-state index in [1.54, 1.807) is 0 Å². The predicted molar refractivity (Wildman–Crippen MR) is 54.2 cm³/mol. The minimum absolute atomic E-state index is 0.748. The van der Waals surface area contributed by atoms with Crippen molar-refractivity contribution in [2.75, 3.05) is 7.05 Å². The van der Waals surface area contributed by atoms with E-state index in [0.717, 1.165) is 23.8 Å². The van der Waals surface area contributed by atoms with Crippen molar-refractivity contribution in [3.8, 4) is 0 Å². The Morgan fingerprint density at radius 3 is 2.17 bits per heavy atom. The molecular formula is C11H23N. The summed E-state index contributed by atoms with van der Waals surface area (Å²) >= 11 is 0. The maximum Gasteiger partial charge on any atom is 0.00947 e. The Morgan fingerprint density at radius 2 is 1.83 bits per heavy atom. The van der Waals surface area contributed by atoms with E-state index < -0.39 is 0 Å². The molecule has 0 aromatic rings. The fourth-order valence-corrected chi connectivity index (χ4v) is 2.05. The summed E-state index contributed by atoms with van der Waals surface area (Å²) in [6.45, 7) is 7.02. The number of hydrogen-bond acceptors (Lipinski definition) is 1. The summed E-state index contributed by atoms with van der Waals surface area (Å²) in [4.78, 5) is 0. The molecule has 12 heavy (non-hydrogen) atoms. The van der Waals surface area contributed by atoms with Gasteiger partial charge in [-0.25, -0.2) is 0 Å². The molecule has 2 atom stereocenters. The van der Waals surface area contributed by atoms with Crippen LogP contribution in [-0.2, 0) is 0 Å². The number of nitrogens with one attached hydrogen (secondary N) is 1. The topological polar surface area (TPSA) is 12.0 Å². The van der Waals surface area contributed by atoms with Crippen LogP contribution in [0.4, 0.5) is 0 Å². The quantitative estimate of drug-likeness (QED) is 0.667. The van der Waals surface area contributed by atoms with Gasteiger partial charge in [-0.05, 0) is 44.1 Å². The third kappa shape index (κ3) is 2.78. The Kier molecular flexibility index (Phi) is 3.57. The minimum Gasteiger partial charge on any atom is -0.317 e. The van der Waals surface area contributed by atoms with E-state index in [-0.39, 0.29) is 0 Å². The highest BCUT2D eigenvalue weighted by Gasteiger charge is 2.32. The molecule has 1 N–H and O–H groups in total. The van der Waals surface area contributed by atoms with Crippen molar-refractivity contribution in [2.24, 2.45) is 17.8 Å². The molecule has 1 nitrogen and oxygen atoms in total. The van der Waals surface area contributed by atoms with Crippen molar-refractivity contribution in [2.45, 2.75) is 46.1 Å². The predicted octanol–water partition coefficient (Wildman–Crippen LogP) is 2.67. The lowest BCUT2D eigenvalue weighted by molar-refractivity contribution is 0.311. The molecule has 0 aromatic heterocycles. The standard InChI is InChI=1S/C11H23N/c1-8(2)7-11(12-4)9(3)10-5-6-10/h8-12H,5-7H2,1-4H3. The summed E-state index contributed by atoms with van der Waals surface area (Å²) in [6, 6.07) is 0.748. The lowest BCUT2D eigenvalue weighted by Crippen LogP contribution is -2.34. The van der Waals surface area contributed by atoms with Gasteiger partial charge in [0.25, 0.3) is 0 Å². The molecule has 0 aliphatic heterocycles. The smallest absolute Gasteiger partial charge is 0.00947 e. The van der Waals surface area contributed by atoms with Gasteiger partial charge in [-0.2, -0.15) is 0 Å². The van der Waals surface area contributed by atoms with E-state index in [2.05, 4.69) is 33.1 Å². The van der Waals surface area contributed by atoms with Crippen LogP contribution in [0.2, 0.25) is 0 Å².